The summed E-state index contributed by atoms with van der Waals surface area (Å²) in [6.45, 7) is 5.75. The lowest BCUT2D eigenvalue weighted by molar-refractivity contribution is 0.572. The van der Waals surface area contributed by atoms with E-state index in [1.54, 1.807) is 24.7 Å². The van der Waals surface area contributed by atoms with Crippen LogP contribution in [0.25, 0.3) is 16.9 Å². The lowest BCUT2D eigenvalue weighted by atomic mass is 10.1. The highest BCUT2D eigenvalue weighted by atomic mass is 32.2. The lowest BCUT2D eigenvalue weighted by Crippen LogP contribution is -2.30. The van der Waals surface area contributed by atoms with Crippen molar-refractivity contribution in [1.82, 2.24) is 29.8 Å². The molecule has 0 spiro atoms. The summed E-state index contributed by atoms with van der Waals surface area (Å²) >= 11 is 0. The first-order chi connectivity index (χ1) is 16.9. The number of benzene rings is 2. The van der Waals surface area contributed by atoms with Gasteiger partial charge in [0.2, 0.25) is 10.0 Å². The van der Waals surface area contributed by atoms with Gasteiger partial charge in [-0.3, -0.25) is 0 Å². The number of fused-ring (bicyclic) bond motifs is 2. The van der Waals surface area contributed by atoms with Crippen molar-refractivity contribution < 1.29 is 8.42 Å². The monoisotopic (exact) mass is 491 g/mol. The number of sulfonamides is 1. The Morgan fingerprint density at radius 1 is 1.06 bits per heavy atom. The molecular formula is C25H29N7O2S. The molecule has 10 heteroatoms. The molecule has 35 heavy (non-hydrogen) atoms. The van der Waals surface area contributed by atoms with Crippen molar-refractivity contribution in [3.05, 3.63) is 77.1 Å². The Labute approximate surface area is 205 Å². The molecule has 5 rings (SSSR count). The minimum Gasteiger partial charge on any atom is -0.366 e. The lowest BCUT2D eigenvalue weighted by Gasteiger charge is -2.21. The van der Waals surface area contributed by atoms with Gasteiger partial charge in [-0.15, -0.1) is 0 Å². The number of anilines is 1. The predicted molar refractivity (Wildman–Crippen MR) is 137 cm³/mol. The van der Waals surface area contributed by atoms with E-state index in [2.05, 4.69) is 32.6 Å². The van der Waals surface area contributed by atoms with Crippen molar-refractivity contribution in [2.24, 2.45) is 0 Å². The summed E-state index contributed by atoms with van der Waals surface area (Å²) in [7, 11) is -3.37. The average Bonchev–Trinajstić information content (AvgIpc) is 3.31. The fourth-order valence-electron chi connectivity index (χ4n) is 4.12. The molecule has 1 aliphatic rings. The Kier molecular flexibility index (Phi) is 6.50. The Hall–Kier alpha value is -3.34. The van der Waals surface area contributed by atoms with Gasteiger partial charge < -0.3 is 10.6 Å². The molecule has 0 radical (unpaired) electrons. The summed E-state index contributed by atoms with van der Waals surface area (Å²) in [5.41, 5.74) is 4.94. The van der Waals surface area contributed by atoms with Gasteiger partial charge in [0.1, 0.15) is 5.82 Å². The van der Waals surface area contributed by atoms with Crippen LogP contribution in [0.4, 0.5) is 5.82 Å². The Balaban J connectivity index is 1.49. The zero-order chi connectivity index (χ0) is 24.4. The zero-order valence-electron chi connectivity index (χ0n) is 19.8. The van der Waals surface area contributed by atoms with Crippen molar-refractivity contribution in [3.8, 4) is 5.95 Å². The molecule has 0 saturated carbocycles. The first-order valence-corrected chi connectivity index (χ1v) is 13.3. The van der Waals surface area contributed by atoms with Gasteiger partial charge in [0, 0.05) is 43.5 Å². The van der Waals surface area contributed by atoms with E-state index in [1.807, 2.05) is 36.4 Å². The zero-order valence-corrected chi connectivity index (χ0v) is 20.6. The molecule has 4 aromatic rings. The molecule has 0 atom stereocenters. The molecule has 9 nitrogen and oxygen atoms in total. The number of nitrogens with one attached hydrogen (secondary N) is 3. The normalized spacial score (nSPS) is 13.8. The van der Waals surface area contributed by atoms with Crippen molar-refractivity contribution in [1.29, 1.82) is 0 Å². The number of aromatic nitrogens is 4. The van der Waals surface area contributed by atoms with E-state index in [0.717, 1.165) is 46.5 Å². The minimum absolute atomic E-state index is 0.199. The summed E-state index contributed by atoms with van der Waals surface area (Å²) in [6.07, 6.45) is 2.56. The van der Waals surface area contributed by atoms with Gasteiger partial charge in [0.15, 0.2) is 0 Å². The van der Waals surface area contributed by atoms with Crippen LogP contribution in [-0.4, -0.2) is 40.0 Å². The van der Waals surface area contributed by atoms with Gasteiger partial charge in [-0.1, -0.05) is 42.5 Å². The van der Waals surface area contributed by atoms with Crippen LogP contribution in [0.1, 0.15) is 36.2 Å². The topological polar surface area (TPSA) is 114 Å². The van der Waals surface area contributed by atoms with Crippen LogP contribution in [0.15, 0.2) is 54.7 Å². The smallest absolute Gasteiger partial charge is 0.253 e. The Morgan fingerprint density at radius 2 is 1.89 bits per heavy atom. The maximum Gasteiger partial charge on any atom is 0.253 e. The van der Waals surface area contributed by atoms with Gasteiger partial charge in [-0.2, -0.15) is 14.8 Å². The molecular weight excluding hydrogens is 462 g/mol. The molecule has 0 unspecified atom stereocenters. The summed E-state index contributed by atoms with van der Waals surface area (Å²) in [5.74, 6) is 1.29. The first-order valence-electron chi connectivity index (χ1n) is 11.7. The maximum atomic E-state index is 12.2. The second-order valence-corrected chi connectivity index (χ2v) is 11.2. The van der Waals surface area contributed by atoms with Crippen LogP contribution in [0.2, 0.25) is 0 Å². The number of nitrogens with zero attached hydrogens (tertiary/aromatic N) is 4. The maximum absolute atomic E-state index is 12.2. The van der Waals surface area contributed by atoms with Crippen molar-refractivity contribution >= 4 is 26.7 Å². The van der Waals surface area contributed by atoms with Crippen LogP contribution < -0.4 is 15.4 Å². The standard InChI is InChI=1S/C25H29N7O2S/c1-17(2)35(33,34)29-14-19-9-6-10-23-20(19)16-28-32(23)25-30-22-11-12-26-15-21(22)24(31-25)27-13-18-7-4-3-5-8-18/h3-10,16-17,26,29H,11-15H2,1-2H3,(H,27,30,31). The van der Waals surface area contributed by atoms with E-state index in [0.29, 0.717) is 19.0 Å². The highest BCUT2D eigenvalue weighted by molar-refractivity contribution is 7.90. The molecule has 2 aromatic heterocycles. The molecule has 0 saturated heterocycles. The molecule has 182 valence electrons. The van der Waals surface area contributed by atoms with Crippen molar-refractivity contribution in [3.63, 3.8) is 0 Å². The van der Waals surface area contributed by atoms with E-state index >= 15 is 0 Å². The molecule has 0 fully saturated rings. The van der Waals surface area contributed by atoms with Crippen molar-refractivity contribution in [2.45, 2.75) is 45.2 Å². The Bertz CT molecular complexity index is 1450. The van der Waals surface area contributed by atoms with E-state index in [9.17, 15) is 8.42 Å². The molecule has 3 heterocycles. The van der Waals surface area contributed by atoms with Gasteiger partial charge in [0.25, 0.3) is 5.95 Å². The van der Waals surface area contributed by atoms with Gasteiger partial charge in [-0.05, 0) is 31.0 Å². The third-order valence-corrected chi connectivity index (χ3v) is 7.99. The van der Waals surface area contributed by atoms with Crippen molar-refractivity contribution in [2.75, 3.05) is 11.9 Å². The molecule has 0 bridgehead atoms. The SMILES string of the molecule is CC(C)S(=O)(=O)NCc1cccc2c1cnn2-c1nc2c(c(NCc3ccccc3)n1)CNCC2. The minimum atomic E-state index is -3.37. The van der Waals surface area contributed by atoms with Crippen LogP contribution in [-0.2, 0) is 36.1 Å². The van der Waals surface area contributed by atoms with Crippen LogP contribution >= 0.6 is 0 Å². The second-order valence-electron chi connectivity index (χ2n) is 8.88. The van der Waals surface area contributed by atoms with E-state index in [-0.39, 0.29) is 6.54 Å². The molecule has 0 aliphatic carbocycles. The highest BCUT2D eigenvalue weighted by Crippen LogP contribution is 2.25. The van der Waals surface area contributed by atoms with Gasteiger partial charge >= 0.3 is 0 Å². The predicted octanol–water partition coefficient (Wildman–Crippen LogP) is 2.90. The third kappa shape index (κ3) is 4.90. The van der Waals surface area contributed by atoms with Gasteiger partial charge in [0.05, 0.1) is 22.7 Å². The van der Waals surface area contributed by atoms with Crippen LogP contribution in [0.3, 0.4) is 0 Å². The highest BCUT2D eigenvalue weighted by Gasteiger charge is 2.21. The molecule has 1 aliphatic heterocycles. The van der Waals surface area contributed by atoms with E-state index < -0.39 is 15.3 Å². The number of hydrogen-bond acceptors (Lipinski definition) is 7. The summed E-state index contributed by atoms with van der Waals surface area (Å²) in [6, 6.07) is 16.0. The quantitative estimate of drug-likeness (QED) is 0.347. The third-order valence-electron chi connectivity index (χ3n) is 6.20. The number of hydrogen-bond donors (Lipinski definition) is 3. The number of rotatable bonds is 8. The fraction of sp³-hybridized carbons (Fsp3) is 0.320. The molecule has 2 aromatic carbocycles. The summed E-state index contributed by atoms with van der Waals surface area (Å²) in [5, 5.41) is 11.8. The van der Waals surface area contributed by atoms with Crippen LogP contribution in [0, 0.1) is 0 Å². The van der Waals surface area contributed by atoms with E-state index in [4.69, 9.17) is 9.97 Å². The summed E-state index contributed by atoms with van der Waals surface area (Å²) < 4.78 is 28.9. The molecule has 0 amide bonds. The second kappa shape index (κ2) is 9.73. The largest absolute Gasteiger partial charge is 0.366 e. The first kappa shape index (κ1) is 23.4. The summed E-state index contributed by atoms with van der Waals surface area (Å²) in [4.78, 5) is 9.72. The van der Waals surface area contributed by atoms with E-state index in [1.165, 1.54) is 5.56 Å². The van der Waals surface area contributed by atoms with Crippen LogP contribution in [0.5, 0.6) is 0 Å². The fourth-order valence-corrected chi connectivity index (χ4v) is 4.81. The Morgan fingerprint density at radius 3 is 2.69 bits per heavy atom. The average molecular weight is 492 g/mol. The molecule has 3 N–H and O–H groups in total. The van der Waals surface area contributed by atoms with Gasteiger partial charge in [-0.25, -0.2) is 18.1 Å².